The lowest BCUT2D eigenvalue weighted by Gasteiger charge is -2.40. The molecule has 1 spiro atoms. The second kappa shape index (κ2) is 5.59. The van der Waals surface area contributed by atoms with Gasteiger partial charge in [-0.25, -0.2) is 0 Å². The van der Waals surface area contributed by atoms with Gasteiger partial charge in [-0.2, -0.15) is 0 Å². The number of rotatable bonds is 3. The monoisotopic (exact) mass is 293 g/mol. The van der Waals surface area contributed by atoms with E-state index in [0.717, 1.165) is 51.7 Å². The van der Waals surface area contributed by atoms with Gasteiger partial charge in [0, 0.05) is 19.1 Å². The van der Waals surface area contributed by atoms with Crippen LogP contribution in [0, 0.1) is 5.92 Å². The van der Waals surface area contributed by atoms with Crippen LogP contribution in [0.3, 0.4) is 0 Å². The van der Waals surface area contributed by atoms with Crippen LogP contribution in [0.1, 0.15) is 46.0 Å². The van der Waals surface area contributed by atoms with E-state index in [0.29, 0.717) is 12.0 Å². The van der Waals surface area contributed by atoms with E-state index in [1.807, 2.05) is 4.90 Å². The third-order valence-corrected chi connectivity index (χ3v) is 5.39. The first-order valence-electron chi connectivity index (χ1n) is 8.35. The fraction of sp³-hybridized carbons (Fsp3) is 0.875. The average Bonchev–Trinajstić information content (AvgIpc) is 3.05. The summed E-state index contributed by atoms with van der Waals surface area (Å²) in [5.41, 5.74) is -0.564. The molecule has 0 aromatic rings. The first-order valence-corrected chi connectivity index (χ1v) is 8.35. The van der Waals surface area contributed by atoms with Crippen LogP contribution in [0.4, 0.5) is 0 Å². The summed E-state index contributed by atoms with van der Waals surface area (Å²) in [6, 6.07) is 0.566. The summed E-state index contributed by atoms with van der Waals surface area (Å²) < 4.78 is 0. The van der Waals surface area contributed by atoms with Crippen molar-refractivity contribution in [2.75, 3.05) is 26.2 Å². The molecule has 5 heteroatoms. The number of carbonyl (C=O) groups excluding carboxylic acids is 2. The lowest BCUT2D eigenvalue weighted by molar-refractivity contribution is -0.150. The molecule has 2 heterocycles. The Morgan fingerprint density at radius 3 is 2.62 bits per heavy atom. The largest absolute Gasteiger partial charge is 0.340 e. The van der Waals surface area contributed by atoms with Crippen molar-refractivity contribution in [2.45, 2.75) is 57.5 Å². The molecule has 3 fully saturated rings. The van der Waals surface area contributed by atoms with Gasteiger partial charge in [-0.15, -0.1) is 0 Å². The Bertz CT molecular complexity index is 429. The zero-order valence-electron chi connectivity index (χ0n) is 13.2. The number of piperazine rings is 1. The molecular weight excluding hydrogens is 266 g/mol. The van der Waals surface area contributed by atoms with Crippen molar-refractivity contribution in [2.24, 2.45) is 5.92 Å². The van der Waals surface area contributed by atoms with Gasteiger partial charge in [0.05, 0.1) is 6.54 Å². The third-order valence-electron chi connectivity index (χ3n) is 5.39. The first-order chi connectivity index (χ1) is 10.00. The Morgan fingerprint density at radius 1 is 1.29 bits per heavy atom. The van der Waals surface area contributed by atoms with E-state index in [2.05, 4.69) is 24.1 Å². The second-order valence-corrected chi connectivity index (χ2v) is 7.27. The summed E-state index contributed by atoms with van der Waals surface area (Å²) in [5, 5.41) is 2.98. The third kappa shape index (κ3) is 2.80. The standard InChI is InChI=1S/C16H27N3O2/c1-12(2)18-8-5-13(9-18)10-19-11-14(20)17-16(15(19)21)6-3-4-7-16/h12-13H,3-11H2,1-2H3,(H,17,20). The highest BCUT2D eigenvalue weighted by Gasteiger charge is 2.48. The summed E-state index contributed by atoms with van der Waals surface area (Å²) in [5.74, 6) is 0.707. The van der Waals surface area contributed by atoms with Gasteiger partial charge in [-0.3, -0.25) is 9.59 Å². The molecule has 1 atom stereocenters. The van der Waals surface area contributed by atoms with E-state index in [1.165, 1.54) is 0 Å². The summed E-state index contributed by atoms with van der Waals surface area (Å²) in [7, 11) is 0. The maximum Gasteiger partial charge on any atom is 0.248 e. The van der Waals surface area contributed by atoms with Crippen LogP contribution in [0.25, 0.3) is 0 Å². The topological polar surface area (TPSA) is 52.6 Å². The van der Waals surface area contributed by atoms with E-state index in [9.17, 15) is 9.59 Å². The van der Waals surface area contributed by atoms with Gasteiger partial charge in [0.25, 0.3) is 0 Å². The first kappa shape index (κ1) is 14.8. The molecule has 118 valence electrons. The molecule has 2 amide bonds. The zero-order chi connectivity index (χ0) is 15.0. The van der Waals surface area contributed by atoms with Crippen LogP contribution in [-0.4, -0.2) is 59.4 Å². The molecule has 1 saturated carbocycles. The Kier molecular flexibility index (Phi) is 3.95. The number of nitrogens with one attached hydrogen (secondary N) is 1. The number of carbonyl (C=O) groups is 2. The Morgan fingerprint density at radius 2 is 2.00 bits per heavy atom. The van der Waals surface area contributed by atoms with Crippen molar-refractivity contribution in [3.05, 3.63) is 0 Å². The molecule has 1 aliphatic carbocycles. The van der Waals surface area contributed by atoms with E-state index in [-0.39, 0.29) is 18.4 Å². The van der Waals surface area contributed by atoms with Crippen molar-refractivity contribution in [1.29, 1.82) is 0 Å². The van der Waals surface area contributed by atoms with E-state index in [1.54, 1.807) is 0 Å². The average molecular weight is 293 g/mol. The molecule has 0 aromatic carbocycles. The molecule has 3 rings (SSSR count). The van der Waals surface area contributed by atoms with Crippen LogP contribution in [-0.2, 0) is 9.59 Å². The van der Waals surface area contributed by atoms with E-state index in [4.69, 9.17) is 0 Å². The molecule has 1 unspecified atom stereocenters. The normalized spacial score (nSPS) is 29.7. The Balaban J connectivity index is 1.65. The van der Waals surface area contributed by atoms with Gasteiger partial charge in [-0.1, -0.05) is 12.8 Å². The predicted octanol–water partition coefficient (Wildman–Crippen LogP) is 0.988. The summed E-state index contributed by atoms with van der Waals surface area (Å²) in [6.45, 7) is 7.60. The lowest BCUT2D eigenvalue weighted by Crippen LogP contribution is -2.66. The van der Waals surface area contributed by atoms with Crippen molar-refractivity contribution >= 4 is 11.8 Å². The Labute approximate surface area is 127 Å². The van der Waals surface area contributed by atoms with Crippen LogP contribution < -0.4 is 5.32 Å². The number of hydrogen-bond acceptors (Lipinski definition) is 3. The molecule has 2 saturated heterocycles. The number of likely N-dealkylation sites (tertiary alicyclic amines) is 1. The molecule has 1 N–H and O–H groups in total. The fourth-order valence-electron chi connectivity index (χ4n) is 4.16. The smallest absolute Gasteiger partial charge is 0.248 e. The number of amides is 2. The quantitative estimate of drug-likeness (QED) is 0.844. The molecule has 0 radical (unpaired) electrons. The highest BCUT2D eigenvalue weighted by Crippen LogP contribution is 2.34. The number of nitrogens with zero attached hydrogens (tertiary/aromatic N) is 2. The van der Waals surface area contributed by atoms with Crippen LogP contribution in [0.5, 0.6) is 0 Å². The molecule has 3 aliphatic rings. The molecular formula is C16H27N3O2. The van der Waals surface area contributed by atoms with E-state index < -0.39 is 5.54 Å². The van der Waals surface area contributed by atoms with Crippen molar-refractivity contribution in [3.63, 3.8) is 0 Å². The zero-order valence-corrected chi connectivity index (χ0v) is 13.2. The summed E-state index contributed by atoms with van der Waals surface area (Å²) in [4.78, 5) is 29.1. The molecule has 0 bridgehead atoms. The van der Waals surface area contributed by atoms with Gasteiger partial charge >= 0.3 is 0 Å². The maximum absolute atomic E-state index is 12.8. The van der Waals surface area contributed by atoms with Crippen molar-refractivity contribution in [1.82, 2.24) is 15.1 Å². The minimum absolute atomic E-state index is 0.0233. The minimum Gasteiger partial charge on any atom is -0.340 e. The molecule has 21 heavy (non-hydrogen) atoms. The van der Waals surface area contributed by atoms with Gasteiger partial charge in [0.1, 0.15) is 5.54 Å². The SMILES string of the molecule is CC(C)N1CCC(CN2CC(=O)NC3(CCCC3)C2=O)C1. The van der Waals surface area contributed by atoms with Gasteiger partial charge < -0.3 is 15.1 Å². The molecule has 0 aromatic heterocycles. The molecule has 5 nitrogen and oxygen atoms in total. The number of hydrogen-bond donors (Lipinski definition) is 1. The lowest BCUT2D eigenvalue weighted by atomic mass is 9.92. The van der Waals surface area contributed by atoms with Crippen molar-refractivity contribution < 1.29 is 9.59 Å². The maximum atomic E-state index is 12.8. The van der Waals surface area contributed by atoms with Crippen LogP contribution in [0.15, 0.2) is 0 Å². The fourth-order valence-corrected chi connectivity index (χ4v) is 4.16. The van der Waals surface area contributed by atoms with Gasteiger partial charge in [0.15, 0.2) is 0 Å². The highest BCUT2D eigenvalue weighted by atomic mass is 16.2. The van der Waals surface area contributed by atoms with Gasteiger partial charge in [-0.05, 0) is 45.6 Å². The van der Waals surface area contributed by atoms with Gasteiger partial charge in [0.2, 0.25) is 11.8 Å². The minimum atomic E-state index is -0.564. The highest BCUT2D eigenvalue weighted by molar-refractivity contribution is 5.98. The summed E-state index contributed by atoms with van der Waals surface area (Å²) in [6.07, 6.45) is 4.86. The predicted molar refractivity (Wildman–Crippen MR) is 80.7 cm³/mol. The van der Waals surface area contributed by atoms with E-state index >= 15 is 0 Å². The summed E-state index contributed by atoms with van der Waals surface area (Å²) >= 11 is 0. The van der Waals surface area contributed by atoms with Crippen LogP contribution >= 0.6 is 0 Å². The van der Waals surface area contributed by atoms with Crippen molar-refractivity contribution in [3.8, 4) is 0 Å². The Hall–Kier alpha value is -1.10. The second-order valence-electron chi connectivity index (χ2n) is 7.27. The van der Waals surface area contributed by atoms with Crippen LogP contribution in [0.2, 0.25) is 0 Å². The molecule has 2 aliphatic heterocycles.